The van der Waals surface area contributed by atoms with Crippen LogP contribution in [-0.2, 0) is 24.7 Å². The van der Waals surface area contributed by atoms with Gasteiger partial charge in [0, 0.05) is 23.3 Å². The van der Waals surface area contributed by atoms with Crippen LogP contribution in [-0.4, -0.2) is 0 Å². The molecule has 0 unspecified atom stereocenters. The van der Waals surface area contributed by atoms with E-state index in [1.54, 1.807) is 12.1 Å². The molecule has 4 aromatic carbocycles. The Bertz CT molecular complexity index is 2380. The molecule has 0 bridgehead atoms. The molecule has 4 aromatic rings. The van der Waals surface area contributed by atoms with E-state index >= 15 is 0 Å². The summed E-state index contributed by atoms with van der Waals surface area (Å²) in [5.41, 5.74) is -16.7. The third-order valence-electron chi connectivity index (χ3n) is 8.77. The number of hydrogen-bond donors (Lipinski definition) is 0. The SMILES string of the molecule is N#C/C(=C1\C(c2cc(C(F)(F)F)cc(C(F)(F)F)c2)=CC2=C1C=C(c1cc(C(F)(F)F)cc(C(F)(F)F)c1)/C2=C(\C#N)c1cc(F)cc(F)c1)c1cc(F)cc(F)c1. The van der Waals surface area contributed by atoms with Crippen molar-refractivity contribution in [1.29, 1.82) is 10.5 Å². The molecule has 18 heteroatoms. The second-order valence-corrected chi connectivity index (χ2v) is 12.6. The van der Waals surface area contributed by atoms with Gasteiger partial charge in [0.2, 0.25) is 0 Å². The molecule has 0 saturated carbocycles. The first-order valence-electron chi connectivity index (χ1n) is 15.8. The van der Waals surface area contributed by atoms with Crippen LogP contribution in [0.15, 0.2) is 107 Å². The summed E-state index contributed by atoms with van der Waals surface area (Å²) in [6.07, 6.45) is -20.3. The van der Waals surface area contributed by atoms with E-state index in [9.17, 15) is 80.8 Å². The lowest BCUT2D eigenvalue weighted by Gasteiger charge is -2.19. The first kappa shape index (κ1) is 41.1. The molecular formula is C40H14F16N2. The summed E-state index contributed by atoms with van der Waals surface area (Å²) in [6, 6.07) is 6.22. The molecule has 2 nitrogen and oxygen atoms in total. The van der Waals surface area contributed by atoms with Crippen LogP contribution >= 0.6 is 0 Å². The predicted molar refractivity (Wildman–Crippen MR) is 174 cm³/mol. The van der Waals surface area contributed by atoms with Crippen molar-refractivity contribution in [2.45, 2.75) is 24.7 Å². The van der Waals surface area contributed by atoms with Gasteiger partial charge in [-0.05, 0) is 117 Å². The van der Waals surface area contributed by atoms with Crippen molar-refractivity contribution in [3.63, 3.8) is 0 Å². The summed E-state index contributed by atoms with van der Waals surface area (Å²) >= 11 is 0. The summed E-state index contributed by atoms with van der Waals surface area (Å²) in [4.78, 5) is 0. The Kier molecular flexibility index (Phi) is 10.0. The summed E-state index contributed by atoms with van der Waals surface area (Å²) in [5, 5.41) is 20.8. The maximum atomic E-state index is 14.5. The quantitative estimate of drug-likeness (QED) is 0.152. The number of hydrogen-bond acceptors (Lipinski definition) is 2. The maximum absolute atomic E-state index is 14.5. The summed E-state index contributed by atoms with van der Waals surface area (Å²) in [6.45, 7) is 0. The molecule has 58 heavy (non-hydrogen) atoms. The zero-order valence-electron chi connectivity index (χ0n) is 28.0. The van der Waals surface area contributed by atoms with E-state index in [-0.39, 0.29) is 36.4 Å². The van der Waals surface area contributed by atoms with E-state index in [2.05, 4.69) is 0 Å². The smallest absolute Gasteiger partial charge is 0.207 e. The first-order valence-corrected chi connectivity index (χ1v) is 15.8. The topological polar surface area (TPSA) is 47.6 Å². The molecule has 0 aromatic heterocycles. The molecule has 2 aliphatic carbocycles. The van der Waals surface area contributed by atoms with E-state index in [4.69, 9.17) is 0 Å². The molecule has 0 heterocycles. The zero-order chi connectivity index (χ0) is 42.9. The van der Waals surface area contributed by atoms with E-state index < -0.39 is 137 Å². The molecule has 0 saturated heterocycles. The van der Waals surface area contributed by atoms with Crippen molar-refractivity contribution in [2.75, 3.05) is 0 Å². The summed E-state index contributed by atoms with van der Waals surface area (Å²) < 4.78 is 227. The predicted octanol–water partition coefficient (Wildman–Crippen LogP) is 13.1. The van der Waals surface area contributed by atoms with Crippen LogP contribution in [0.25, 0.3) is 22.3 Å². The van der Waals surface area contributed by atoms with Crippen molar-refractivity contribution in [3.8, 4) is 12.1 Å². The van der Waals surface area contributed by atoms with Gasteiger partial charge in [0.05, 0.1) is 33.4 Å². The van der Waals surface area contributed by atoms with E-state index in [0.717, 1.165) is 12.2 Å². The lowest BCUT2D eigenvalue weighted by atomic mass is 9.86. The third kappa shape index (κ3) is 7.87. The van der Waals surface area contributed by atoms with Crippen molar-refractivity contribution < 1.29 is 70.2 Å². The largest absolute Gasteiger partial charge is 0.416 e. The second kappa shape index (κ2) is 14.1. The minimum absolute atomic E-state index is 0.202. The lowest BCUT2D eigenvalue weighted by molar-refractivity contribution is -0.144. The van der Waals surface area contributed by atoms with Gasteiger partial charge in [0.1, 0.15) is 35.4 Å². The van der Waals surface area contributed by atoms with Gasteiger partial charge in [0.25, 0.3) is 0 Å². The average Bonchev–Trinajstić information content (AvgIpc) is 3.63. The highest BCUT2D eigenvalue weighted by Gasteiger charge is 2.42. The van der Waals surface area contributed by atoms with Crippen LogP contribution in [0.3, 0.4) is 0 Å². The Hall–Kier alpha value is -6.56. The van der Waals surface area contributed by atoms with E-state index in [0.29, 0.717) is 36.4 Å². The third-order valence-corrected chi connectivity index (χ3v) is 8.77. The monoisotopic (exact) mass is 826 g/mol. The van der Waals surface area contributed by atoms with E-state index in [1.165, 1.54) is 0 Å². The molecule has 0 amide bonds. The van der Waals surface area contributed by atoms with Crippen LogP contribution in [0.2, 0.25) is 0 Å². The van der Waals surface area contributed by atoms with Gasteiger partial charge in [-0.2, -0.15) is 63.2 Å². The van der Waals surface area contributed by atoms with Crippen LogP contribution in [0.4, 0.5) is 70.2 Å². The van der Waals surface area contributed by atoms with Gasteiger partial charge in [-0.3, -0.25) is 0 Å². The fourth-order valence-corrected chi connectivity index (χ4v) is 6.43. The van der Waals surface area contributed by atoms with Gasteiger partial charge >= 0.3 is 24.7 Å². The highest BCUT2D eigenvalue weighted by atomic mass is 19.4. The summed E-state index contributed by atoms with van der Waals surface area (Å²) in [7, 11) is 0. The van der Waals surface area contributed by atoms with Gasteiger partial charge in [-0.15, -0.1) is 0 Å². The maximum Gasteiger partial charge on any atom is 0.416 e. The normalized spacial score (nSPS) is 16.4. The highest BCUT2D eigenvalue weighted by Crippen LogP contribution is 2.55. The van der Waals surface area contributed by atoms with E-state index in [1.807, 2.05) is 0 Å². The molecule has 0 atom stereocenters. The lowest BCUT2D eigenvalue weighted by Crippen LogP contribution is -2.12. The van der Waals surface area contributed by atoms with Crippen molar-refractivity contribution >= 4 is 22.3 Å². The van der Waals surface area contributed by atoms with Gasteiger partial charge < -0.3 is 0 Å². The molecular weight excluding hydrogens is 812 g/mol. The number of nitriles is 2. The fourth-order valence-electron chi connectivity index (χ4n) is 6.43. The Balaban J connectivity index is 1.81. The minimum Gasteiger partial charge on any atom is -0.207 e. The van der Waals surface area contributed by atoms with Crippen molar-refractivity contribution in [3.05, 3.63) is 175 Å². The molecule has 0 radical (unpaired) electrons. The standard InChI is InChI=1S/C40H14F16N2/c41-25-5-19(6-26(42)11-25)33(15-57)35-29(17-1-21(37(45,46)47)9-22(2-17)38(48,49)50)13-31-32(35)14-30(36(31)34(16-58)20-7-27(43)12-28(44)8-20)18-3-23(39(51,52)53)10-24(4-18)40(54,55)56/h1-14H/b35-33-,36-34-. The van der Waals surface area contributed by atoms with Crippen LogP contribution < -0.4 is 0 Å². The molecule has 0 fully saturated rings. The number of halogens is 16. The zero-order valence-corrected chi connectivity index (χ0v) is 28.0. The Morgan fingerprint density at radius 3 is 0.862 bits per heavy atom. The van der Waals surface area contributed by atoms with Gasteiger partial charge in [-0.1, -0.05) is 0 Å². The number of rotatable bonds is 4. The molecule has 0 aliphatic heterocycles. The number of alkyl halides is 12. The molecule has 6 rings (SSSR count). The Morgan fingerprint density at radius 2 is 0.638 bits per heavy atom. The van der Waals surface area contributed by atoms with Crippen LogP contribution in [0, 0.1) is 45.9 Å². The van der Waals surface area contributed by atoms with Crippen LogP contribution in [0.5, 0.6) is 0 Å². The number of allylic oxidation sites excluding steroid dienone is 10. The summed E-state index contributed by atoms with van der Waals surface area (Å²) in [5.74, 6) is -5.37. The average molecular weight is 827 g/mol. The molecule has 0 N–H and O–H groups in total. The minimum atomic E-state index is -5.45. The first-order chi connectivity index (χ1) is 26.8. The highest BCUT2D eigenvalue weighted by molar-refractivity contribution is 6.12. The number of benzene rings is 4. The van der Waals surface area contributed by atoms with Gasteiger partial charge in [0.15, 0.2) is 0 Å². The van der Waals surface area contributed by atoms with Gasteiger partial charge in [-0.25, -0.2) is 17.6 Å². The van der Waals surface area contributed by atoms with Crippen molar-refractivity contribution in [1.82, 2.24) is 0 Å². The fraction of sp³-hybridized carbons (Fsp3) is 0.100. The second-order valence-electron chi connectivity index (χ2n) is 12.6. The molecule has 296 valence electrons. The van der Waals surface area contributed by atoms with Crippen molar-refractivity contribution in [2.24, 2.45) is 0 Å². The molecule has 2 aliphatic rings. The Morgan fingerprint density at radius 1 is 0.379 bits per heavy atom. The van der Waals surface area contributed by atoms with Crippen LogP contribution in [0.1, 0.15) is 44.5 Å². The Labute approximate surface area is 314 Å². The molecule has 0 spiro atoms. The number of nitrogens with zero attached hydrogens (tertiary/aromatic N) is 2.